The zero-order chi connectivity index (χ0) is 16.1. The summed E-state index contributed by atoms with van der Waals surface area (Å²) in [5, 5.41) is 9.65. The summed E-state index contributed by atoms with van der Waals surface area (Å²) in [6.45, 7) is 0.429. The number of carboxylic acid groups (broad SMARTS) is 1. The van der Waals surface area contributed by atoms with E-state index in [0.717, 1.165) is 33.9 Å². The first-order valence-electron chi connectivity index (χ1n) is 7.19. The minimum atomic E-state index is -0.958. The monoisotopic (exact) mass is 305 g/mol. The van der Waals surface area contributed by atoms with Gasteiger partial charge in [-0.2, -0.15) is 0 Å². The van der Waals surface area contributed by atoms with Gasteiger partial charge in [0.1, 0.15) is 17.9 Å². The van der Waals surface area contributed by atoms with Crippen molar-refractivity contribution in [1.82, 2.24) is 4.98 Å². The van der Waals surface area contributed by atoms with Crippen LogP contribution >= 0.6 is 0 Å². The number of fused-ring (bicyclic) bond motifs is 1. The van der Waals surface area contributed by atoms with Crippen LogP contribution in [-0.4, -0.2) is 16.1 Å². The molecule has 4 nitrogen and oxygen atoms in total. The van der Waals surface area contributed by atoms with Crippen molar-refractivity contribution in [2.75, 3.05) is 0 Å². The summed E-state index contributed by atoms with van der Waals surface area (Å²) in [5.41, 5.74) is 2.68. The maximum Gasteiger partial charge on any atom is 0.328 e. The standard InChI is InChI=1S/C19H15NO3/c21-18(22)11-10-14-6-8-15(9-7-14)13-23-17-5-1-3-16-4-2-12-20-19(16)17/h1-12H,13H2,(H,21,22). The Morgan fingerprint density at radius 2 is 1.87 bits per heavy atom. The molecule has 1 heterocycles. The van der Waals surface area contributed by atoms with E-state index in [1.807, 2.05) is 54.6 Å². The van der Waals surface area contributed by atoms with Crippen molar-refractivity contribution in [1.29, 1.82) is 0 Å². The van der Waals surface area contributed by atoms with Crippen molar-refractivity contribution in [2.45, 2.75) is 6.61 Å². The summed E-state index contributed by atoms with van der Waals surface area (Å²) in [5.74, 6) is -0.209. The molecule has 1 aromatic heterocycles. The first-order chi connectivity index (χ1) is 11.2. The van der Waals surface area contributed by atoms with E-state index in [9.17, 15) is 4.79 Å². The van der Waals surface area contributed by atoms with E-state index in [2.05, 4.69) is 4.98 Å². The molecule has 0 radical (unpaired) electrons. The molecule has 0 saturated heterocycles. The third-order valence-corrected chi connectivity index (χ3v) is 3.39. The van der Waals surface area contributed by atoms with Crippen LogP contribution in [0.5, 0.6) is 5.75 Å². The first-order valence-corrected chi connectivity index (χ1v) is 7.19. The van der Waals surface area contributed by atoms with Crippen LogP contribution in [-0.2, 0) is 11.4 Å². The van der Waals surface area contributed by atoms with Crippen LogP contribution in [0.4, 0.5) is 0 Å². The van der Waals surface area contributed by atoms with Crippen LogP contribution in [0.1, 0.15) is 11.1 Å². The van der Waals surface area contributed by atoms with Crippen LogP contribution in [0.2, 0.25) is 0 Å². The first kappa shape index (κ1) is 14.8. The number of para-hydroxylation sites is 1. The molecule has 0 unspecified atom stereocenters. The predicted octanol–water partition coefficient (Wildman–Crippen LogP) is 3.91. The Bertz CT molecular complexity index is 849. The van der Waals surface area contributed by atoms with Gasteiger partial charge in [0.2, 0.25) is 0 Å². The van der Waals surface area contributed by atoms with Crippen molar-refractivity contribution in [2.24, 2.45) is 0 Å². The highest BCUT2D eigenvalue weighted by Crippen LogP contribution is 2.23. The van der Waals surface area contributed by atoms with E-state index in [4.69, 9.17) is 9.84 Å². The van der Waals surface area contributed by atoms with Gasteiger partial charge < -0.3 is 9.84 Å². The largest absolute Gasteiger partial charge is 0.487 e. The van der Waals surface area contributed by atoms with Gasteiger partial charge in [0.05, 0.1) is 0 Å². The average Bonchev–Trinajstić information content (AvgIpc) is 2.59. The third kappa shape index (κ3) is 3.74. The van der Waals surface area contributed by atoms with E-state index >= 15 is 0 Å². The van der Waals surface area contributed by atoms with Crippen molar-refractivity contribution in [3.63, 3.8) is 0 Å². The Morgan fingerprint density at radius 1 is 1.09 bits per heavy atom. The second-order valence-electron chi connectivity index (χ2n) is 5.03. The van der Waals surface area contributed by atoms with Gasteiger partial charge >= 0.3 is 5.97 Å². The fourth-order valence-corrected chi connectivity index (χ4v) is 2.25. The number of benzene rings is 2. The predicted molar refractivity (Wildman–Crippen MR) is 89.2 cm³/mol. The maximum absolute atomic E-state index is 10.5. The number of nitrogens with zero attached hydrogens (tertiary/aromatic N) is 1. The van der Waals surface area contributed by atoms with Gasteiger partial charge in [0.25, 0.3) is 0 Å². The van der Waals surface area contributed by atoms with Crippen molar-refractivity contribution >= 4 is 22.9 Å². The van der Waals surface area contributed by atoms with Gasteiger partial charge in [0.15, 0.2) is 0 Å². The molecule has 0 aliphatic heterocycles. The molecule has 3 aromatic rings. The topological polar surface area (TPSA) is 59.4 Å². The molecule has 0 aliphatic rings. The quantitative estimate of drug-likeness (QED) is 0.726. The Morgan fingerprint density at radius 3 is 2.65 bits per heavy atom. The minimum Gasteiger partial charge on any atom is -0.487 e. The van der Waals surface area contributed by atoms with Crippen LogP contribution in [0.3, 0.4) is 0 Å². The summed E-state index contributed by atoms with van der Waals surface area (Å²) in [6, 6.07) is 17.3. The van der Waals surface area contributed by atoms with Gasteiger partial charge in [0, 0.05) is 17.7 Å². The zero-order valence-corrected chi connectivity index (χ0v) is 12.3. The number of carboxylic acids is 1. The smallest absolute Gasteiger partial charge is 0.328 e. The van der Waals surface area contributed by atoms with Crippen LogP contribution in [0.15, 0.2) is 66.9 Å². The molecule has 0 saturated carbocycles. The lowest BCUT2D eigenvalue weighted by atomic mass is 10.1. The molecule has 0 amide bonds. The van der Waals surface area contributed by atoms with Gasteiger partial charge in [-0.1, -0.05) is 42.5 Å². The average molecular weight is 305 g/mol. The fourth-order valence-electron chi connectivity index (χ4n) is 2.25. The second-order valence-corrected chi connectivity index (χ2v) is 5.03. The van der Waals surface area contributed by atoms with Crippen LogP contribution in [0, 0.1) is 0 Å². The van der Waals surface area contributed by atoms with Gasteiger partial charge in [-0.3, -0.25) is 4.98 Å². The van der Waals surface area contributed by atoms with Crippen molar-refractivity contribution < 1.29 is 14.6 Å². The van der Waals surface area contributed by atoms with E-state index in [-0.39, 0.29) is 0 Å². The summed E-state index contributed by atoms with van der Waals surface area (Å²) in [7, 11) is 0. The summed E-state index contributed by atoms with van der Waals surface area (Å²) < 4.78 is 5.87. The van der Waals surface area contributed by atoms with Crippen LogP contribution in [0.25, 0.3) is 17.0 Å². The molecule has 1 N–H and O–H groups in total. The molecule has 0 fully saturated rings. The molecule has 23 heavy (non-hydrogen) atoms. The Kier molecular flexibility index (Phi) is 4.34. The van der Waals surface area contributed by atoms with Crippen molar-refractivity contribution in [3.05, 3.63) is 78.0 Å². The molecule has 114 valence electrons. The van der Waals surface area contributed by atoms with Crippen LogP contribution < -0.4 is 4.74 Å². The number of aromatic nitrogens is 1. The van der Waals surface area contributed by atoms with E-state index in [1.54, 1.807) is 12.3 Å². The molecule has 4 heteroatoms. The molecule has 0 atom stereocenters. The second kappa shape index (κ2) is 6.75. The summed E-state index contributed by atoms with van der Waals surface area (Å²) in [6.07, 6.45) is 4.42. The third-order valence-electron chi connectivity index (χ3n) is 3.39. The zero-order valence-electron chi connectivity index (χ0n) is 12.3. The highest BCUT2D eigenvalue weighted by molar-refractivity contribution is 5.85. The SMILES string of the molecule is O=C(O)C=Cc1ccc(COc2cccc3cccnc23)cc1. The fraction of sp³-hybridized carbons (Fsp3) is 0.0526. The summed E-state index contributed by atoms with van der Waals surface area (Å²) in [4.78, 5) is 14.9. The summed E-state index contributed by atoms with van der Waals surface area (Å²) >= 11 is 0. The number of hydrogen-bond donors (Lipinski definition) is 1. The van der Waals surface area contributed by atoms with Gasteiger partial charge in [-0.05, 0) is 29.3 Å². The number of carbonyl (C=O) groups is 1. The lowest BCUT2D eigenvalue weighted by Crippen LogP contribution is -1.96. The van der Waals surface area contributed by atoms with Gasteiger partial charge in [-0.25, -0.2) is 4.79 Å². The Labute approximate surface area is 133 Å². The number of hydrogen-bond acceptors (Lipinski definition) is 3. The highest BCUT2D eigenvalue weighted by Gasteiger charge is 2.03. The normalized spacial score (nSPS) is 11.0. The molecule has 2 aromatic carbocycles. The maximum atomic E-state index is 10.5. The van der Waals surface area contributed by atoms with E-state index < -0.39 is 5.97 Å². The van der Waals surface area contributed by atoms with Crippen molar-refractivity contribution in [3.8, 4) is 5.75 Å². The molecule has 0 spiro atoms. The molecule has 3 rings (SSSR count). The lowest BCUT2D eigenvalue weighted by molar-refractivity contribution is -0.131. The number of rotatable bonds is 5. The number of pyridine rings is 1. The number of ether oxygens (including phenoxy) is 1. The lowest BCUT2D eigenvalue weighted by Gasteiger charge is -2.08. The van der Waals surface area contributed by atoms with E-state index in [1.165, 1.54) is 0 Å². The molecule has 0 aliphatic carbocycles. The van der Waals surface area contributed by atoms with Gasteiger partial charge in [-0.15, -0.1) is 0 Å². The molecule has 0 bridgehead atoms. The molecular weight excluding hydrogens is 290 g/mol. The molecular formula is C19H15NO3. The Balaban J connectivity index is 1.71. The minimum absolute atomic E-state index is 0.429. The van der Waals surface area contributed by atoms with E-state index in [0.29, 0.717) is 6.61 Å². The Hall–Kier alpha value is -3.14. The highest BCUT2D eigenvalue weighted by atomic mass is 16.5. The number of aliphatic carboxylic acids is 1.